The van der Waals surface area contributed by atoms with Gasteiger partial charge in [0.2, 0.25) is 0 Å². The van der Waals surface area contributed by atoms with Crippen molar-refractivity contribution in [3.63, 3.8) is 0 Å². The van der Waals surface area contributed by atoms with Crippen LogP contribution < -0.4 is 0 Å². The van der Waals surface area contributed by atoms with E-state index in [1.807, 2.05) is 0 Å². The third kappa shape index (κ3) is 2.06. The molecule has 0 spiro atoms. The molecule has 0 bridgehead atoms. The van der Waals surface area contributed by atoms with E-state index in [0.29, 0.717) is 6.07 Å². The van der Waals surface area contributed by atoms with E-state index in [0.717, 1.165) is 0 Å². The molecule has 71 valence electrons. The molecule has 0 aliphatic rings. The molecule has 1 aromatic carbocycles. The van der Waals surface area contributed by atoms with E-state index < -0.39 is 27.6 Å². The van der Waals surface area contributed by atoms with Crippen LogP contribution in [0.1, 0.15) is 5.56 Å². The Labute approximate surface area is 81.1 Å². The Bertz CT molecular complexity index is 332. The van der Waals surface area contributed by atoms with E-state index in [-0.39, 0.29) is 0 Å². The zero-order valence-electron chi connectivity index (χ0n) is 5.85. The molecule has 0 fully saturated rings. The summed E-state index contributed by atoms with van der Waals surface area (Å²) in [6.07, 6.45) is -4.72. The molecular weight excluding hydrogens is 231 g/mol. The molecule has 0 N–H and O–H groups in total. The molecule has 0 unspecified atom stereocenters. The third-order valence-electron chi connectivity index (χ3n) is 1.25. The van der Waals surface area contributed by atoms with Gasteiger partial charge in [0.25, 0.3) is 0 Å². The highest BCUT2D eigenvalue weighted by Gasteiger charge is 2.35. The SMILES string of the molecule is Fc1c(Cl)c[c]c(C(F)(F)F)c1Cl. The van der Waals surface area contributed by atoms with Gasteiger partial charge in [-0.25, -0.2) is 4.39 Å². The van der Waals surface area contributed by atoms with Gasteiger partial charge in [-0.1, -0.05) is 23.2 Å². The second-order valence-corrected chi connectivity index (χ2v) is 2.92. The summed E-state index contributed by atoms with van der Waals surface area (Å²) in [6.45, 7) is 0. The maximum absolute atomic E-state index is 12.7. The summed E-state index contributed by atoms with van der Waals surface area (Å²) in [4.78, 5) is 0. The lowest BCUT2D eigenvalue weighted by molar-refractivity contribution is -0.137. The Balaban J connectivity index is 3.35. The smallest absolute Gasteiger partial charge is 0.204 e. The van der Waals surface area contributed by atoms with Crippen LogP contribution in [0.25, 0.3) is 0 Å². The summed E-state index contributed by atoms with van der Waals surface area (Å²) in [5, 5.41) is -1.54. The number of rotatable bonds is 0. The molecule has 13 heavy (non-hydrogen) atoms. The van der Waals surface area contributed by atoms with E-state index >= 15 is 0 Å². The molecule has 1 aromatic rings. The first-order valence-corrected chi connectivity index (χ1v) is 3.72. The van der Waals surface area contributed by atoms with Crippen LogP contribution in [0.15, 0.2) is 6.07 Å². The molecule has 0 heterocycles. The molecule has 0 saturated heterocycles. The first-order valence-electron chi connectivity index (χ1n) is 2.96. The van der Waals surface area contributed by atoms with Crippen LogP contribution in [0.3, 0.4) is 0 Å². The predicted molar refractivity (Wildman–Crippen MR) is 40.3 cm³/mol. The summed E-state index contributed by atoms with van der Waals surface area (Å²) in [5.41, 5.74) is -1.35. The molecule has 0 aliphatic heterocycles. The Morgan fingerprint density at radius 2 is 1.77 bits per heavy atom. The minimum atomic E-state index is -4.72. The Kier molecular flexibility index (Phi) is 2.73. The van der Waals surface area contributed by atoms with Crippen molar-refractivity contribution in [2.75, 3.05) is 0 Å². The summed E-state index contributed by atoms with van der Waals surface area (Å²) >= 11 is 10.3. The summed E-state index contributed by atoms with van der Waals surface area (Å²) in [5.74, 6) is -1.28. The van der Waals surface area contributed by atoms with Crippen molar-refractivity contribution in [3.05, 3.63) is 33.6 Å². The van der Waals surface area contributed by atoms with Gasteiger partial charge >= 0.3 is 6.18 Å². The molecular formula is C7HCl2F4. The number of halogens is 6. The first-order chi connectivity index (χ1) is 5.84. The molecule has 0 saturated carbocycles. The van der Waals surface area contributed by atoms with Gasteiger partial charge in [0.1, 0.15) is 0 Å². The van der Waals surface area contributed by atoms with Crippen molar-refractivity contribution in [1.29, 1.82) is 0 Å². The Morgan fingerprint density at radius 3 is 2.23 bits per heavy atom. The average molecular weight is 232 g/mol. The molecule has 1 radical (unpaired) electrons. The lowest BCUT2D eigenvalue weighted by Gasteiger charge is -2.08. The molecule has 0 nitrogen and oxygen atoms in total. The van der Waals surface area contributed by atoms with Gasteiger partial charge in [-0.05, 0) is 12.1 Å². The fourth-order valence-corrected chi connectivity index (χ4v) is 1.14. The lowest BCUT2D eigenvalue weighted by atomic mass is 10.2. The molecule has 0 amide bonds. The van der Waals surface area contributed by atoms with Gasteiger partial charge in [0.15, 0.2) is 5.82 Å². The minimum Gasteiger partial charge on any atom is -0.204 e. The molecule has 0 aromatic heterocycles. The first kappa shape index (κ1) is 10.6. The van der Waals surface area contributed by atoms with E-state index in [4.69, 9.17) is 23.2 Å². The highest BCUT2D eigenvalue weighted by atomic mass is 35.5. The molecule has 0 aliphatic carbocycles. The zero-order chi connectivity index (χ0) is 10.2. The number of hydrogen-bond acceptors (Lipinski definition) is 0. The standard InChI is InChI=1S/C7HCl2F4/c8-4-2-1-3(7(11,12)13)5(9)6(4)10/h2H. The van der Waals surface area contributed by atoms with Gasteiger partial charge in [0.05, 0.1) is 15.6 Å². The second kappa shape index (κ2) is 3.35. The highest BCUT2D eigenvalue weighted by molar-refractivity contribution is 6.35. The highest BCUT2D eigenvalue weighted by Crippen LogP contribution is 2.37. The van der Waals surface area contributed by atoms with Crippen molar-refractivity contribution in [1.82, 2.24) is 0 Å². The Morgan fingerprint density at radius 1 is 1.23 bits per heavy atom. The minimum absolute atomic E-state index is 0.488. The fraction of sp³-hybridized carbons (Fsp3) is 0.143. The topological polar surface area (TPSA) is 0 Å². The number of hydrogen-bond donors (Lipinski definition) is 0. The van der Waals surface area contributed by atoms with E-state index in [2.05, 4.69) is 0 Å². The van der Waals surface area contributed by atoms with Crippen LogP contribution in [-0.2, 0) is 6.18 Å². The quantitative estimate of drug-likeness (QED) is 0.469. The van der Waals surface area contributed by atoms with Gasteiger partial charge in [-0.2, -0.15) is 13.2 Å². The largest absolute Gasteiger partial charge is 0.418 e. The van der Waals surface area contributed by atoms with Crippen molar-refractivity contribution in [2.24, 2.45) is 0 Å². The van der Waals surface area contributed by atoms with Crippen LogP contribution in [0.5, 0.6) is 0 Å². The maximum atomic E-state index is 12.7. The van der Waals surface area contributed by atoms with Gasteiger partial charge in [-0.3, -0.25) is 0 Å². The second-order valence-electron chi connectivity index (χ2n) is 2.14. The summed E-state index contributed by atoms with van der Waals surface area (Å²) in [7, 11) is 0. The Hall–Kier alpha value is -0.480. The van der Waals surface area contributed by atoms with E-state index in [1.54, 1.807) is 6.07 Å². The van der Waals surface area contributed by atoms with Crippen molar-refractivity contribution in [3.8, 4) is 0 Å². The molecule has 0 atom stereocenters. The van der Waals surface area contributed by atoms with Crippen LogP contribution >= 0.6 is 23.2 Å². The van der Waals surface area contributed by atoms with E-state index in [9.17, 15) is 17.6 Å². The van der Waals surface area contributed by atoms with E-state index in [1.165, 1.54) is 0 Å². The van der Waals surface area contributed by atoms with Crippen molar-refractivity contribution < 1.29 is 17.6 Å². The van der Waals surface area contributed by atoms with Gasteiger partial charge in [0, 0.05) is 0 Å². The van der Waals surface area contributed by atoms with Gasteiger partial charge < -0.3 is 0 Å². The van der Waals surface area contributed by atoms with Crippen LogP contribution in [0, 0.1) is 11.9 Å². The zero-order valence-corrected chi connectivity index (χ0v) is 7.36. The molecule has 1 rings (SSSR count). The fourth-order valence-electron chi connectivity index (χ4n) is 0.683. The summed E-state index contributed by atoms with van der Waals surface area (Å²) < 4.78 is 48.8. The van der Waals surface area contributed by atoms with Crippen LogP contribution in [-0.4, -0.2) is 0 Å². The van der Waals surface area contributed by atoms with Crippen LogP contribution in [0.2, 0.25) is 10.0 Å². The maximum Gasteiger partial charge on any atom is 0.418 e. The van der Waals surface area contributed by atoms with Crippen molar-refractivity contribution >= 4 is 23.2 Å². The van der Waals surface area contributed by atoms with Gasteiger partial charge in [-0.15, -0.1) is 0 Å². The van der Waals surface area contributed by atoms with Crippen LogP contribution in [0.4, 0.5) is 17.6 Å². The average Bonchev–Trinajstić information content (AvgIpc) is 1.98. The number of benzene rings is 1. The number of alkyl halides is 3. The third-order valence-corrected chi connectivity index (χ3v) is 1.88. The monoisotopic (exact) mass is 231 g/mol. The summed E-state index contributed by atoms with van der Waals surface area (Å²) in [6, 6.07) is 2.44. The normalized spacial score (nSPS) is 11.8. The molecule has 6 heteroatoms. The predicted octanol–water partition coefficient (Wildman–Crippen LogP) is 3.95. The van der Waals surface area contributed by atoms with Crippen molar-refractivity contribution in [2.45, 2.75) is 6.18 Å². The lowest BCUT2D eigenvalue weighted by Crippen LogP contribution is -2.07.